The van der Waals surface area contributed by atoms with Crippen molar-refractivity contribution in [2.75, 3.05) is 18.5 Å². The molecule has 4 amide bonds. The summed E-state index contributed by atoms with van der Waals surface area (Å²) in [7, 11) is 1.65. The molecule has 1 fully saturated rings. The van der Waals surface area contributed by atoms with E-state index >= 15 is 0 Å². The molecule has 4 aromatic rings. The normalized spacial score (nSPS) is 18.1. The molecule has 0 bridgehead atoms. The molecule has 0 saturated carbocycles. The monoisotopic (exact) mass is 437 g/mol. The van der Waals surface area contributed by atoms with Crippen LogP contribution in [0.25, 0.3) is 21.5 Å². The Balaban J connectivity index is 1.38. The van der Waals surface area contributed by atoms with Crippen molar-refractivity contribution in [1.82, 2.24) is 10.2 Å². The van der Waals surface area contributed by atoms with Gasteiger partial charge in [-0.05, 0) is 52.2 Å². The number of hydrogen-bond donors (Lipinski definition) is 1. The fourth-order valence-corrected chi connectivity index (χ4v) is 4.31. The van der Waals surface area contributed by atoms with Gasteiger partial charge in [-0.15, -0.1) is 0 Å². The highest BCUT2D eigenvalue weighted by molar-refractivity contribution is 6.11. The number of nitrogens with one attached hydrogen (secondary N) is 1. The Morgan fingerprint density at radius 2 is 1.42 bits per heavy atom. The number of fused-ring (bicyclic) bond motifs is 2. The van der Waals surface area contributed by atoms with Crippen LogP contribution in [0, 0.1) is 0 Å². The van der Waals surface area contributed by atoms with E-state index in [0.717, 1.165) is 26.4 Å². The van der Waals surface area contributed by atoms with Gasteiger partial charge in [-0.2, -0.15) is 0 Å². The summed E-state index contributed by atoms with van der Waals surface area (Å²) in [5.41, 5.74) is 0.142. The molecule has 6 nitrogen and oxygen atoms in total. The number of nitrogens with zero attached hydrogens (tertiary/aromatic N) is 2. The van der Waals surface area contributed by atoms with Crippen LogP contribution in [0.2, 0.25) is 0 Å². The standard InChI is InChI=1S/C27H23N3O3/c1-27(22-13-11-18-7-3-5-9-20(18)15-22)25(32)30(26(33)28-27)17-24(31)29(2)23-14-12-19-8-4-6-10-21(19)16-23/h3-16H,17H2,1-2H3,(H,28,33). The molecule has 1 heterocycles. The predicted molar refractivity (Wildman–Crippen MR) is 129 cm³/mol. The zero-order chi connectivity index (χ0) is 23.2. The quantitative estimate of drug-likeness (QED) is 0.481. The number of imide groups is 1. The van der Waals surface area contributed by atoms with Crippen molar-refractivity contribution in [3.8, 4) is 0 Å². The second-order valence-corrected chi connectivity index (χ2v) is 8.49. The van der Waals surface area contributed by atoms with Gasteiger partial charge in [0.25, 0.3) is 5.91 Å². The van der Waals surface area contributed by atoms with E-state index in [4.69, 9.17) is 0 Å². The topological polar surface area (TPSA) is 69.7 Å². The first-order valence-electron chi connectivity index (χ1n) is 10.8. The van der Waals surface area contributed by atoms with Gasteiger partial charge in [0.1, 0.15) is 12.1 Å². The highest BCUT2D eigenvalue weighted by Gasteiger charge is 2.49. The van der Waals surface area contributed by atoms with Crippen molar-refractivity contribution in [2.24, 2.45) is 0 Å². The smallest absolute Gasteiger partial charge is 0.319 e. The van der Waals surface area contributed by atoms with E-state index in [9.17, 15) is 14.4 Å². The molecular weight excluding hydrogens is 414 g/mol. The van der Waals surface area contributed by atoms with Crippen LogP contribution < -0.4 is 10.2 Å². The first-order valence-corrected chi connectivity index (χ1v) is 10.8. The maximum atomic E-state index is 13.3. The van der Waals surface area contributed by atoms with Gasteiger partial charge in [-0.25, -0.2) is 4.79 Å². The molecule has 1 saturated heterocycles. The largest absolute Gasteiger partial charge is 0.325 e. The minimum atomic E-state index is -1.23. The molecule has 5 rings (SSSR count). The number of urea groups is 1. The lowest BCUT2D eigenvalue weighted by molar-refractivity contribution is -0.134. The third-order valence-corrected chi connectivity index (χ3v) is 6.39. The molecular formula is C27H23N3O3. The summed E-state index contributed by atoms with van der Waals surface area (Å²) in [6, 6.07) is 26.5. The molecule has 0 aromatic heterocycles. The number of carbonyl (C=O) groups excluding carboxylic acids is 3. The van der Waals surface area contributed by atoms with E-state index in [1.165, 1.54) is 4.90 Å². The van der Waals surface area contributed by atoms with Crippen molar-refractivity contribution in [3.63, 3.8) is 0 Å². The van der Waals surface area contributed by atoms with Gasteiger partial charge in [-0.3, -0.25) is 14.5 Å². The highest BCUT2D eigenvalue weighted by atomic mass is 16.2. The number of amides is 4. The summed E-state index contributed by atoms with van der Waals surface area (Å²) in [6.07, 6.45) is 0. The second-order valence-electron chi connectivity index (χ2n) is 8.49. The molecule has 1 aliphatic rings. The molecule has 164 valence electrons. The van der Waals surface area contributed by atoms with Gasteiger partial charge in [0.2, 0.25) is 5.91 Å². The summed E-state index contributed by atoms with van der Waals surface area (Å²) in [6.45, 7) is 1.34. The molecule has 0 spiro atoms. The Morgan fingerprint density at radius 3 is 2.09 bits per heavy atom. The number of hydrogen-bond acceptors (Lipinski definition) is 3. The maximum Gasteiger partial charge on any atom is 0.325 e. The van der Waals surface area contributed by atoms with Crippen molar-refractivity contribution in [3.05, 3.63) is 90.5 Å². The lowest BCUT2D eigenvalue weighted by Crippen LogP contribution is -2.43. The Labute approximate surface area is 191 Å². The Hall–Kier alpha value is -4.19. The number of rotatable bonds is 4. The maximum absolute atomic E-state index is 13.3. The summed E-state index contributed by atoms with van der Waals surface area (Å²) in [4.78, 5) is 41.5. The average molecular weight is 437 g/mol. The highest BCUT2D eigenvalue weighted by Crippen LogP contribution is 2.31. The molecule has 1 atom stereocenters. The molecule has 0 radical (unpaired) electrons. The fraction of sp³-hybridized carbons (Fsp3) is 0.148. The first-order chi connectivity index (χ1) is 15.9. The number of anilines is 1. The summed E-state index contributed by atoms with van der Waals surface area (Å²) in [5, 5.41) is 6.89. The lowest BCUT2D eigenvalue weighted by Gasteiger charge is -2.24. The van der Waals surface area contributed by atoms with Crippen LogP contribution >= 0.6 is 0 Å². The molecule has 4 aromatic carbocycles. The Morgan fingerprint density at radius 1 is 0.848 bits per heavy atom. The average Bonchev–Trinajstić information content (AvgIpc) is 3.06. The van der Waals surface area contributed by atoms with E-state index in [2.05, 4.69) is 5.32 Å². The van der Waals surface area contributed by atoms with Crippen LogP contribution in [0.15, 0.2) is 84.9 Å². The molecule has 1 N–H and O–H groups in total. The van der Waals surface area contributed by atoms with Crippen LogP contribution in [0.3, 0.4) is 0 Å². The van der Waals surface area contributed by atoms with Crippen LogP contribution in [-0.2, 0) is 15.1 Å². The van der Waals surface area contributed by atoms with Crippen LogP contribution in [0.1, 0.15) is 12.5 Å². The predicted octanol–water partition coefficient (Wildman–Crippen LogP) is 4.42. The number of carbonyl (C=O) groups is 3. The zero-order valence-corrected chi connectivity index (χ0v) is 18.4. The van der Waals surface area contributed by atoms with Crippen LogP contribution in [0.5, 0.6) is 0 Å². The van der Waals surface area contributed by atoms with E-state index in [1.54, 1.807) is 14.0 Å². The summed E-state index contributed by atoms with van der Waals surface area (Å²) >= 11 is 0. The summed E-state index contributed by atoms with van der Waals surface area (Å²) < 4.78 is 0. The van der Waals surface area contributed by atoms with Crippen LogP contribution in [-0.4, -0.2) is 36.3 Å². The summed E-state index contributed by atoms with van der Waals surface area (Å²) in [5.74, 6) is -0.792. The molecule has 1 aliphatic heterocycles. The Bertz CT molecular complexity index is 1430. The van der Waals surface area contributed by atoms with Crippen molar-refractivity contribution < 1.29 is 14.4 Å². The first kappa shape index (κ1) is 20.7. The van der Waals surface area contributed by atoms with Crippen molar-refractivity contribution in [2.45, 2.75) is 12.5 Å². The van der Waals surface area contributed by atoms with E-state index in [1.807, 2.05) is 84.9 Å². The van der Waals surface area contributed by atoms with Gasteiger partial charge in [0.05, 0.1) is 0 Å². The van der Waals surface area contributed by atoms with E-state index in [0.29, 0.717) is 11.3 Å². The SMILES string of the molecule is CN(C(=O)CN1C(=O)NC(C)(c2ccc3ccccc3c2)C1=O)c1ccc2ccccc2c1. The third kappa shape index (κ3) is 3.49. The van der Waals surface area contributed by atoms with Gasteiger partial charge >= 0.3 is 6.03 Å². The minimum absolute atomic E-state index is 0.336. The van der Waals surface area contributed by atoms with Gasteiger partial charge < -0.3 is 10.2 Å². The van der Waals surface area contributed by atoms with Crippen molar-refractivity contribution >= 4 is 45.1 Å². The zero-order valence-electron chi connectivity index (χ0n) is 18.4. The van der Waals surface area contributed by atoms with E-state index < -0.39 is 17.5 Å². The molecule has 33 heavy (non-hydrogen) atoms. The Kier molecular flexibility index (Phi) is 4.86. The third-order valence-electron chi connectivity index (χ3n) is 6.39. The number of likely N-dealkylation sites (N-methyl/N-ethyl adjacent to an activating group) is 1. The van der Waals surface area contributed by atoms with Crippen molar-refractivity contribution in [1.29, 1.82) is 0 Å². The molecule has 1 unspecified atom stereocenters. The van der Waals surface area contributed by atoms with Crippen LogP contribution in [0.4, 0.5) is 10.5 Å². The molecule has 0 aliphatic carbocycles. The van der Waals surface area contributed by atoms with Gasteiger partial charge in [-0.1, -0.05) is 66.7 Å². The molecule has 6 heteroatoms. The van der Waals surface area contributed by atoms with Gasteiger partial charge in [0.15, 0.2) is 0 Å². The lowest BCUT2D eigenvalue weighted by atomic mass is 9.90. The van der Waals surface area contributed by atoms with E-state index in [-0.39, 0.29) is 12.5 Å². The second kappa shape index (κ2) is 7.74. The fourth-order valence-electron chi connectivity index (χ4n) is 4.31. The number of benzene rings is 4. The van der Waals surface area contributed by atoms with Gasteiger partial charge in [0, 0.05) is 12.7 Å². The minimum Gasteiger partial charge on any atom is -0.319 e.